The van der Waals surface area contributed by atoms with Gasteiger partial charge < -0.3 is 15.1 Å². The van der Waals surface area contributed by atoms with Crippen LogP contribution >= 0.6 is 0 Å². The fraction of sp³-hybridized carbons (Fsp3) is 0.0943. The first-order valence-electron chi connectivity index (χ1n) is 19.3. The lowest BCUT2D eigenvalue weighted by molar-refractivity contribution is 1.27. The molecule has 0 aliphatic rings. The Kier molecular flexibility index (Phi) is 10.2. The number of hydrogen-bond acceptors (Lipinski definition) is 3. The maximum Gasteiger partial charge on any atom is 0.0467 e. The summed E-state index contributed by atoms with van der Waals surface area (Å²) in [5.41, 5.74) is 19.6. The number of benzene rings is 8. The zero-order valence-corrected chi connectivity index (χ0v) is 32.8. The summed E-state index contributed by atoms with van der Waals surface area (Å²) in [4.78, 5) is 4.69. The molecule has 0 radical (unpaired) electrons. The fourth-order valence-corrected chi connectivity index (χ4v) is 7.39. The molecule has 1 N–H and O–H groups in total. The monoisotopic (exact) mass is 725 g/mol. The van der Waals surface area contributed by atoms with Gasteiger partial charge in [0.25, 0.3) is 0 Å². The van der Waals surface area contributed by atoms with Crippen LogP contribution in [-0.4, -0.2) is 7.05 Å². The second-order valence-corrected chi connectivity index (χ2v) is 14.7. The van der Waals surface area contributed by atoms with Gasteiger partial charge in [-0.2, -0.15) is 0 Å². The van der Waals surface area contributed by atoms with Crippen LogP contribution in [0.25, 0.3) is 33.4 Å². The molecule has 0 aliphatic heterocycles. The van der Waals surface area contributed by atoms with Crippen molar-refractivity contribution in [2.45, 2.75) is 27.7 Å². The lowest BCUT2D eigenvalue weighted by Crippen LogP contribution is -2.10. The average Bonchev–Trinajstić information content (AvgIpc) is 3.24. The van der Waals surface area contributed by atoms with E-state index in [0.29, 0.717) is 0 Å². The highest BCUT2D eigenvalue weighted by Crippen LogP contribution is 2.41. The normalized spacial score (nSPS) is 10.9. The summed E-state index contributed by atoms with van der Waals surface area (Å²) in [7, 11) is 1.99. The van der Waals surface area contributed by atoms with E-state index in [1.165, 1.54) is 22.3 Å². The number of para-hydroxylation sites is 1. The summed E-state index contributed by atoms with van der Waals surface area (Å²) in [6, 6.07) is 68.5. The van der Waals surface area contributed by atoms with E-state index in [0.717, 1.165) is 73.2 Å². The molecule has 0 saturated heterocycles. The Morgan fingerprint density at radius 3 is 1.04 bits per heavy atom. The molecule has 0 bridgehead atoms. The third kappa shape index (κ3) is 7.71. The maximum atomic E-state index is 3.44. The van der Waals surface area contributed by atoms with Crippen LogP contribution in [0.1, 0.15) is 22.3 Å². The summed E-state index contributed by atoms with van der Waals surface area (Å²) in [6.45, 7) is 8.54. The Bertz CT molecular complexity index is 2340. The van der Waals surface area contributed by atoms with E-state index in [2.05, 4.69) is 231 Å². The topological polar surface area (TPSA) is 18.5 Å². The highest BCUT2D eigenvalue weighted by molar-refractivity contribution is 5.89. The van der Waals surface area contributed by atoms with E-state index in [1.807, 2.05) is 7.05 Å². The number of aryl methyl sites for hydroxylation is 4. The molecule has 8 rings (SSSR count). The molecule has 0 atom stereocenters. The second kappa shape index (κ2) is 15.9. The van der Waals surface area contributed by atoms with Crippen molar-refractivity contribution in [1.29, 1.82) is 0 Å². The zero-order valence-electron chi connectivity index (χ0n) is 32.8. The number of rotatable bonds is 10. The van der Waals surface area contributed by atoms with Crippen LogP contribution in [-0.2, 0) is 0 Å². The van der Waals surface area contributed by atoms with Gasteiger partial charge in [-0.05, 0) is 153 Å². The largest absolute Gasteiger partial charge is 0.388 e. The van der Waals surface area contributed by atoms with Crippen molar-refractivity contribution in [3.05, 3.63) is 210 Å². The smallest absolute Gasteiger partial charge is 0.0467 e. The molecule has 274 valence electrons. The summed E-state index contributed by atoms with van der Waals surface area (Å²) in [6.07, 6.45) is 0. The van der Waals surface area contributed by atoms with E-state index in [4.69, 9.17) is 0 Å². The molecule has 8 aromatic rings. The van der Waals surface area contributed by atoms with Crippen molar-refractivity contribution in [3.63, 3.8) is 0 Å². The summed E-state index contributed by atoms with van der Waals surface area (Å²) < 4.78 is 0. The van der Waals surface area contributed by atoms with Gasteiger partial charge in [0, 0.05) is 52.4 Å². The lowest BCUT2D eigenvalue weighted by atomic mass is 9.92. The zero-order chi connectivity index (χ0) is 38.6. The molecule has 0 fully saturated rings. The SMILES string of the molecule is CNc1ccccc1-c1cc(-c2cccc(N(c3ccc(C)cc3)c3ccc(C)cc3)c2)cc(-c2cccc(N(c3ccc(C)cc3)c3ccc(C)cc3)c2)c1. The van der Waals surface area contributed by atoms with Crippen molar-refractivity contribution in [1.82, 2.24) is 0 Å². The molecule has 0 spiro atoms. The molecule has 0 saturated carbocycles. The summed E-state index contributed by atoms with van der Waals surface area (Å²) in [5, 5.41) is 3.44. The van der Waals surface area contributed by atoms with E-state index in [9.17, 15) is 0 Å². The molecular weight excluding hydrogens is 679 g/mol. The quantitative estimate of drug-likeness (QED) is 0.151. The van der Waals surface area contributed by atoms with Crippen molar-refractivity contribution < 1.29 is 0 Å². The highest BCUT2D eigenvalue weighted by Gasteiger charge is 2.17. The van der Waals surface area contributed by atoms with Crippen molar-refractivity contribution in [2.75, 3.05) is 22.2 Å². The second-order valence-electron chi connectivity index (χ2n) is 14.7. The van der Waals surface area contributed by atoms with Gasteiger partial charge in [0.2, 0.25) is 0 Å². The standard InChI is InChI=1S/C53H47N3/c1-37-16-24-46(25-17-37)55(47-26-18-38(2)19-27-47)50-12-8-10-41(35-50)43-32-44(34-45(33-43)52-14-6-7-15-53(52)54-5)42-11-9-13-51(36-42)56(48-28-20-39(3)21-29-48)49-30-22-40(4)23-31-49/h6-36,54H,1-5H3. The van der Waals surface area contributed by atoms with Gasteiger partial charge in [-0.3, -0.25) is 0 Å². The van der Waals surface area contributed by atoms with Crippen LogP contribution in [0, 0.1) is 27.7 Å². The molecular formula is C53H47N3. The van der Waals surface area contributed by atoms with E-state index >= 15 is 0 Å². The van der Waals surface area contributed by atoms with Crippen molar-refractivity contribution in [2.24, 2.45) is 0 Å². The minimum Gasteiger partial charge on any atom is -0.388 e. The van der Waals surface area contributed by atoms with Gasteiger partial charge in [-0.1, -0.05) is 113 Å². The van der Waals surface area contributed by atoms with Gasteiger partial charge in [0.1, 0.15) is 0 Å². The molecule has 0 aliphatic carbocycles. The van der Waals surface area contributed by atoms with Crippen molar-refractivity contribution >= 4 is 39.8 Å². The first kappa shape index (κ1) is 36.2. The molecule has 0 aromatic heterocycles. The van der Waals surface area contributed by atoms with Crippen LogP contribution in [0.4, 0.5) is 39.8 Å². The molecule has 56 heavy (non-hydrogen) atoms. The molecule has 3 heteroatoms. The van der Waals surface area contributed by atoms with Gasteiger partial charge in [-0.15, -0.1) is 0 Å². The minimum absolute atomic E-state index is 1.09. The lowest BCUT2D eigenvalue weighted by Gasteiger charge is -2.26. The van der Waals surface area contributed by atoms with E-state index in [-0.39, 0.29) is 0 Å². The molecule has 0 heterocycles. The third-order valence-corrected chi connectivity index (χ3v) is 10.5. The molecule has 3 nitrogen and oxygen atoms in total. The Balaban J connectivity index is 1.28. The molecule has 8 aromatic carbocycles. The van der Waals surface area contributed by atoms with E-state index in [1.54, 1.807) is 0 Å². The Morgan fingerprint density at radius 2 is 0.661 bits per heavy atom. The predicted octanol–water partition coefficient (Wildman–Crippen LogP) is 14.9. The van der Waals surface area contributed by atoms with Gasteiger partial charge in [0.15, 0.2) is 0 Å². The number of nitrogens with zero attached hydrogens (tertiary/aromatic N) is 2. The Hall–Kier alpha value is -6.84. The highest BCUT2D eigenvalue weighted by atomic mass is 15.1. The van der Waals surface area contributed by atoms with Crippen LogP contribution in [0.15, 0.2) is 188 Å². The third-order valence-electron chi connectivity index (χ3n) is 10.5. The van der Waals surface area contributed by atoms with Crippen LogP contribution in [0.3, 0.4) is 0 Å². The van der Waals surface area contributed by atoms with Crippen molar-refractivity contribution in [3.8, 4) is 33.4 Å². The Labute approximate surface area is 332 Å². The van der Waals surface area contributed by atoms with Gasteiger partial charge in [-0.25, -0.2) is 0 Å². The Morgan fingerprint density at radius 1 is 0.304 bits per heavy atom. The van der Waals surface area contributed by atoms with Crippen LogP contribution in [0.2, 0.25) is 0 Å². The summed E-state index contributed by atoms with van der Waals surface area (Å²) >= 11 is 0. The number of anilines is 7. The van der Waals surface area contributed by atoms with Gasteiger partial charge in [0.05, 0.1) is 0 Å². The first-order chi connectivity index (χ1) is 27.3. The first-order valence-corrected chi connectivity index (χ1v) is 19.3. The van der Waals surface area contributed by atoms with Crippen LogP contribution in [0.5, 0.6) is 0 Å². The maximum absolute atomic E-state index is 3.44. The predicted molar refractivity (Wildman–Crippen MR) is 241 cm³/mol. The van der Waals surface area contributed by atoms with Crippen LogP contribution < -0.4 is 15.1 Å². The molecule has 0 unspecified atom stereocenters. The number of hydrogen-bond donors (Lipinski definition) is 1. The van der Waals surface area contributed by atoms with E-state index < -0.39 is 0 Å². The minimum atomic E-state index is 1.09. The number of nitrogens with one attached hydrogen (secondary N) is 1. The summed E-state index contributed by atoms with van der Waals surface area (Å²) in [5.74, 6) is 0. The molecule has 0 amide bonds. The van der Waals surface area contributed by atoms with Gasteiger partial charge >= 0.3 is 0 Å². The fourth-order valence-electron chi connectivity index (χ4n) is 7.39. The average molecular weight is 726 g/mol.